The summed E-state index contributed by atoms with van der Waals surface area (Å²) in [6.45, 7) is 18.9. The lowest BCUT2D eigenvalue weighted by Gasteiger charge is -2.45. The second-order valence-electron chi connectivity index (χ2n) is 13.6. The summed E-state index contributed by atoms with van der Waals surface area (Å²) in [5.41, 5.74) is 0.341. The summed E-state index contributed by atoms with van der Waals surface area (Å²) in [5, 5.41) is 0. The number of benzene rings is 1. The molecular formula is C33H54F2N4O. The van der Waals surface area contributed by atoms with Crippen LogP contribution in [0.15, 0.2) is 18.2 Å². The van der Waals surface area contributed by atoms with E-state index in [-0.39, 0.29) is 23.3 Å². The highest BCUT2D eigenvalue weighted by Gasteiger charge is 2.45. The van der Waals surface area contributed by atoms with E-state index in [2.05, 4.69) is 49.3 Å². The van der Waals surface area contributed by atoms with Gasteiger partial charge in [-0.25, -0.2) is 8.78 Å². The van der Waals surface area contributed by atoms with Gasteiger partial charge in [-0.15, -0.1) is 0 Å². The Morgan fingerprint density at radius 2 is 1.62 bits per heavy atom. The van der Waals surface area contributed by atoms with Crippen molar-refractivity contribution in [2.24, 2.45) is 11.8 Å². The van der Waals surface area contributed by atoms with Crippen molar-refractivity contribution in [3.8, 4) is 0 Å². The maximum absolute atomic E-state index is 14.9. The molecule has 1 saturated carbocycles. The Morgan fingerprint density at radius 3 is 2.20 bits per heavy atom. The molecule has 0 radical (unpaired) electrons. The van der Waals surface area contributed by atoms with Crippen molar-refractivity contribution in [2.45, 2.75) is 97.1 Å². The zero-order valence-corrected chi connectivity index (χ0v) is 25.8. The molecule has 3 fully saturated rings. The molecule has 3 aliphatic rings. The van der Waals surface area contributed by atoms with Crippen molar-refractivity contribution in [3.63, 3.8) is 0 Å². The summed E-state index contributed by atoms with van der Waals surface area (Å²) in [7, 11) is 0. The quantitative estimate of drug-likeness (QED) is 0.352. The summed E-state index contributed by atoms with van der Waals surface area (Å²) < 4.78 is 28.7. The van der Waals surface area contributed by atoms with Gasteiger partial charge in [-0.1, -0.05) is 39.2 Å². The number of hydrogen-bond donors (Lipinski definition) is 0. The largest absolute Gasteiger partial charge is 0.340 e. The van der Waals surface area contributed by atoms with Gasteiger partial charge >= 0.3 is 0 Å². The Hall–Kier alpha value is -1.57. The predicted molar refractivity (Wildman–Crippen MR) is 159 cm³/mol. The second kappa shape index (κ2) is 14.1. The fourth-order valence-electron chi connectivity index (χ4n) is 7.50. The van der Waals surface area contributed by atoms with Crippen LogP contribution in [0.1, 0.15) is 91.0 Å². The first-order chi connectivity index (χ1) is 19.1. The van der Waals surface area contributed by atoms with Gasteiger partial charge in [-0.3, -0.25) is 14.6 Å². The first-order valence-electron chi connectivity index (χ1n) is 16.1. The third kappa shape index (κ3) is 7.63. The summed E-state index contributed by atoms with van der Waals surface area (Å²) in [5.74, 6) is -0.820. The SMILES string of the molecule is CCCN(CCC)CC(C1CCCCC1)N1CCN(C(=O)[C@@H]2CN(C(C)(C)C)C[C@H]2c2ccc(F)cc2F)CC1. The normalized spacial score (nSPS) is 24.6. The van der Waals surface area contributed by atoms with Gasteiger partial charge in [0.1, 0.15) is 11.6 Å². The van der Waals surface area contributed by atoms with Crippen molar-refractivity contribution < 1.29 is 13.6 Å². The summed E-state index contributed by atoms with van der Waals surface area (Å²) >= 11 is 0. The van der Waals surface area contributed by atoms with E-state index in [1.807, 2.05) is 4.90 Å². The van der Waals surface area contributed by atoms with Crippen LogP contribution in [0.5, 0.6) is 0 Å². The van der Waals surface area contributed by atoms with Crippen LogP contribution in [-0.4, -0.2) is 96.0 Å². The monoisotopic (exact) mass is 560 g/mol. The highest BCUT2D eigenvalue weighted by molar-refractivity contribution is 5.81. The van der Waals surface area contributed by atoms with Crippen LogP contribution >= 0.6 is 0 Å². The molecule has 7 heteroatoms. The standard InChI is InChI=1S/C33H54F2N4O/c1-6-15-36(16-7-2)24-31(25-11-9-8-10-12-25)37-17-19-38(20-18-37)32(40)29-23-39(33(3,4)5)22-28(29)27-14-13-26(34)21-30(27)35/h13-14,21,25,28-29,31H,6-12,15-20,22-24H2,1-5H3/t28-,29+,31?/m0/s1. The third-order valence-electron chi connectivity index (χ3n) is 9.76. The number of hydrogen-bond acceptors (Lipinski definition) is 4. The van der Waals surface area contributed by atoms with Crippen LogP contribution in [-0.2, 0) is 4.79 Å². The first-order valence-corrected chi connectivity index (χ1v) is 16.1. The van der Waals surface area contributed by atoms with Gasteiger partial charge in [0.05, 0.1) is 5.92 Å². The van der Waals surface area contributed by atoms with Gasteiger partial charge in [-0.05, 0) is 77.1 Å². The maximum Gasteiger partial charge on any atom is 0.227 e. The number of nitrogens with zero attached hydrogens (tertiary/aromatic N) is 4. The highest BCUT2D eigenvalue weighted by Crippen LogP contribution is 2.39. The molecule has 4 rings (SSSR count). The minimum absolute atomic E-state index is 0.126. The van der Waals surface area contributed by atoms with E-state index in [0.717, 1.165) is 57.8 Å². The number of amides is 1. The molecule has 3 atom stereocenters. The average Bonchev–Trinajstić information content (AvgIpc) is 3.38. The van der Waals surface area contributed by atoms with Crippen LogP contribution < -0.4 is 0 Å². The zero-order chi connectivity index (χ0) is 28.9. The molecular weight excluding hydrogens is 506 g/mol. The number of piperazine rings is 1. The summed E-state index contributed by atoms with van der Waals surface area (Å²) in [4.78, 5) is 23.7. The zero-order valence-electron chi connectivity index (χ0n) is 25.8. The van der Waals surface area contributed by atoms with E-state index in [1.165, 1.54) is 51.0 Å². The van der Waals surface area contributed by atoms with E-state index in [0.29, 0.717) is 24.7 Å². The number of rotatable bonds is 10. The molecule has 1 unspecified atom stereocenters. The van der Waals surface area contributed by atoms with Crippen LogP contribution in [0.3, 0.4) is 0 Å². The van der Waals surface area contributed by atoms with Gasteiger partial charge in [0.2, 0.25) is 5.91 Å². The maximum atomic E-state index is 14.9. The van der Waals surface area contributed by atoms with Crippen molar-refractivity contribution >= 4 is 5.91 Å². The molecule has 226 valence electrons. The van der Waals surface area contributed by atoms with E-state index in [4.69, 9.17) is 0 Å². The smallest absolute Gasteiger partial charge is 0.227 e. The molecule has 5 nitrogen and oxygen atoms in total. The number of likely N-dealkylation sites (tertiary alicyclic amines) is 1. The second-order valence-corrected chi connectivity index (χ2v) is 13.6. The van der Waals surface area contributed by atoms with Crippen LogP contribution in [0.2, 0.25) is 0 Å². The molecule has 0 spiro atoms. The lowest BCUT2D eigenvalue weighted by Crippen LogP contribution is -2.57. The fourth-order valence-corrected chi connectivity index (χ4v) is 7.50. The Kier molecular flexibility index (Phi) is 11.0. The van der Waals surface area contributed by atoms with Crippen molar-refractivity contribution in [1.82, 2.24) is 19.6 Å². The molecule has 1 aromatic carbocycles. The number of carbonyl (C=O) groups is 1. The molecule has 1 aromatic rings. The van der Waals surface area contributed by atoms with Crippen molar-refractivity contribution in [1.29, 1.82) is 0 Å². The molecule has 1 aliphatic carbocycles. The Morgan fingerprint density at radius 1 is 0.975 bits per heavy atom. The molecule has 2 saturated heterocycles. The topological polar surface area (TPSA) is 30.0 Å². The molecule has 1 amide bonds. The Labute approximate surface area is 242 Å². The van der Waals surface area contributed by atoms with E-state index < -0.39 is 11.6 Å². The average molecular weight is 561 g/mol. The Bertz CT molecular complexity index is 946. The van der Waals surface area contributed by atoms with Crippen LogP contribution in [0.4, 0.5) is 8.78 Å². The van der Waals surface area contributed by atoms with E-state index in [9.17, 15) is 13.6 Å². The molecule has 2 aliphatic heterocycles. The van der Waals surface area contributed by atoms with Crippen LogP contribution in [0, 0.1) is 23.5 Å². The minimum atomic E-state index is -0.574. The van der Waals surface area contributed by atoms with Gasteiger partial charge in [0.25, 0.3) is 0 Å². The van der Waals surface area contributed by atoms with Gasteiger partial charge in [-0.2, -0.15) is 0 Å². The molecule has 0 N–H and O–H groups in total. The number of carbonyl (C=O) groups excluding carboxylic acids is 1. The lowest BCUT2D eigenvalue weighted by molar-refractivity contribution is -0.138. The van der Waals surface area contributed by atoms with Gasteiger partial charge < -0.3 is 9.80 Å². The molecule has 0 bridgehead atoms. The van der Waals surface area contributed by atoms with Gasteiger partial charge in [0, 0.05) is 69.4 Å². The summed E-state index contributed by atoms with van der Waals surface area (Å²) in [6.07, 6.45) is 9.06. The lowest BCUT2D eigenvalue weighted by atomic mass is 9.82. The molecule has 0 aromatic heterocycles. The fraction of sp³-hybridized carbons (Fsp3) is 0.788. The highest BCUT2D eigenvalue weighted by atomic mass is 19.1. The van der Waals surface area contributed by atoms with Crippen molar-refractivity contribution in [3.05, 3.63) is 35.4 Å². The minimum Gasteiger partial charge on any atom is -0.340 e. The summed E-state index contributed by atoms with van der Waals surface area (Å²) in [6, 6.07) is 4.39. The van der Waals surface area contributed by atoms with E-state index in [1.54, 1.807) is 6.07 Å². The van der Waals surface area contributed by atoms with Crippen molar-refractivity contribution in [2.75, 3.05) is 58.9 Å². The third-order valence-corrected chi connectivity index (χ3v) is 9.76. The first kappa shape index (κ1) is 31.4. The predicted octanol–water partition coefficient (Wildman–Crippen LogP) is 5.99. The Balaban J connectivity index is 1.46. The number of halogens is 2. The van der Waals surface area contributed by atoms with Gasteiger partial charge in [0.15, 0.2) is 0 Å². The molecule has 40 heavy (non-hydrogen) atoms. The van der Waals surface area contributed by atoms with Crippen LogP contribution in [0.25, 0.3) is 0 Å². The van der Waals surface area contributed by atoms with E-state index >= 15 is 0 Å². The molecule has 2 heterocycles.